The van der Waals surface area contributed by atoms with Crippen molar-refractivity contribution in [2.24, 2.45) is 0 Å². The fourth-order valence-electron chi connectivity index (χ4n) is 2.40. The number of aromatic nitrogens is 2. The number of carbonyl (C=O) groups excluding carboxylic acids is 1. The van der Waals surface area contributed by atoms with Crippen molar-refractivity contribution < 1.29 is 14.6 Å². The van der Waals surface area contributed by atoms with E-state index < -0.39 is 6.10 Å². The van der Waals surface area contributed by atoms with Crippen molar-refractivity contribution in [1.82, 2.24) is 15.1 Å². The van der Waals surface area contributed by atoms with Gasteiger partial charge < -0.3 is 15.2 Å². The van der Waals surface area contributed by atoms with E-state index in [2.05, 4.69) is 10.4 Å². The topological polar surface area (TPSA) is 76.4 Å². The van der Waals surface area contributed by atoms with Crippen LogP contribution in [-0.2, 0) is 4.74 Å². The third kappa shape index (κ3) is 4.18. The van der Waals surface area contributed by atoms with E-state index in [0.29, 0.717) is 18.5 Å². The van der Waals surface area contributed by atoms with Crippen LogP contribution in [0.25, 0.3) is 5.69 Å². The van der Waals surface area contributed by atoms with E-state index in [9.17, 15) is 9.90 Å². The summed E-state index contributed by atoms with van der Waals surface area (Å²) in [7, 11) is 1.53. The lowest BCUT2D eigenvalue weighted by molar-refractivity contribution is 0.0587. The number of rotatable bonds is 7. The van der Waals surface area contributed by atoms with Gasteiger partial charge in [-0.15, -0.1) is 0 Å². The Kier molecular flexibility index (Phi) is 5.90. The van der Waals surface area contributed by atoms with Crippen molar-refractivity contribution in [1.29, 1.82) is 0 Å². The molecule has 6 heteroatoms. The number of ether oxygens (including phenoxy) is 1. The molecule has 23 heavy (non-hydrogen) atoms. The van der Waals surface area contributed by atoms with Gasteiger partial charge >= 0.3 is 0 Å². The average Bonchev–Trinajstić information content (AvgIpc) is 2.89. The van der Waals surface area contributed by atoms with Gasteiger partial charge in [0.2, 0.25) is 0 Å². The summed E-state index contributed by atoms with van der Waals surface area (Å²) in [5.41, 5.74) is 3.37. The van der Waals surface area contributed by atoms with Crippen LogP contribution in [0.2, 0.25) is 0 Å². The van der Waals surface area contributed by atoms with Crippen LogP contribution >= 0.6 is 0 Å². The van der Waals surface area contributed by atoms with E-state index in [0.717, 1.165) is 16.9 Å². The largest absolute Gasteiger partial charge is 0.391 e. The fourth-order valence-corrected chi connectivity index (χ4v) is 2.40. The van der Waals surface area contributed by atoms with Crippen molar-refractivity contribution in [3.63, 3.8) is 0 Å². The predicted octanol–water partition coefficient (Wildman–Crippen LogP) is 1.62. The summed E-state index contributed by atoms with van der Waals surface area (Å²) in [4.78, 5) is 12.3. The van der Waals surface area contributed by atoms with Gasteiger partial charge in [-0.3, -0.25) is 4.79 Å². The molecule has 1 unspecified atom stereocenters. The van der Waals surface area contributed by atoms with Crippen molar-refractivity contribution in [2.75, 3.05) is 20.3 Å². The maximum Gasteiger partial charge on any atom is 0.254 e. The number of aliphatic hydroxyl groups is 1. The number of methoxy groups -OCH3 is 1. The Balaban J connectivity index is 2.04. The monoisotopic (exact) mass is 317 g/mol. The molecule has 1 aromatic carbocycles. The number of benzene rings is 1. The summed E-state index contributed by atoms with van der Waals surface area (Å²) in [6.07, 6.45) is 1.45. The van der Waals surface area contributed by atoms with Crippen LogP contribution in [0.5, 0.6) is 0 Å². The molecule has 0 aliphatic heterocycles. The summed E-state index contributed by atoms with van der Waals surface area (Å²) in [5, 5.41) is 16.7. The van der Waals surface area contributed by atoms with E-state index in [1.165, 1.54) is 7.11 Å². The molecule has 1 atom stereocenters. The SMILES string of the molecule is COCC(O)CCNC(=O)c1cnn(-c2ccccc2C)c1C. The summed E-state index contributed by atoms with van der Waals surface area (Å²) in [5.74, 6) is -0.188. The molecule has 0 saturated carbocycles. The smallest absolute Gasteiger partial charge is 0.254 e. The first-order valence-corrected chi connectivity index (χ1v) is 7.60. The second-order valence-corrected chi connectivity index (χ2v) is 5.50. The van der Waals surface area contributed by atoms with Crippen LogP contribution in [0, 0.1) is 13.8 Å². The molecule has 0 radical (unpaired) electrons. The lowest BCUT2D eigenvalue weighted by Gasteiger charge is -2.10. The minimum Gasteiger partial charge on any atom is -0.391 e. The van der Waals surface area contributed by atoms with Crippen LogP contribution in [0.4, 0.5) is 0 Å². The maximum absolute atomic E-state index is 12.3. The van der Waals surface area contributed by atoms with E-state index in [1.807, 2.05) is 38.1 Å². The van der Waals surface area contributed by atoms with Gasteiger partial charge in [0.15, 0.2) is 0 Å². The molecule has 1 aromatic heterocycles. The Labute approximate surface area is 136 Å². The van der Waals surface area contributed by atoms with E-state index in [1.54, 1.807) is 10.9 Å². The molecule has 0 aliphatic rings. The molecule has 2 aromatic rings. The quantitative estimate of drug-likeness (QED) is 0.813. The second kappa shape index (κ2) is 7.89. The third-order valence-corrected chi connectivity index (χ3v) is 3.72. The molecule has 0 fully saturated rings. The minimum absolute atomic E-state index is 0.188. The van der Waals surface area contributed by atoms with Gasteiger partial charge in [0.1, 0.15) is 0 Å². The molecule has 124 valence electrons. The van der Waals surface area contributed by atoms with Crippen LogP contribution in [-0.4, -0.2) is 47.2 Å². The molecule has 0 aliphatic carbocycles. The Morgan fingerprint density at radius 1 is 1.39 bits per heavy atom. The second-order valence-electron chi connectivity index (χ2n) is 5.50. The molecule has 2 N–H and O–H groups in total. The van der Waals surface area contributed by atoms with Gasteiger partial charge in [-0.2, -0.15) is 5.10 Å². The molecule has 0 saturated heterocycles. The molecule has 2 rings (SSSR count). The van der Waals surface area contributed by atoms with E-state index in [4.69, 9.17) is 4.74 Å². The Morgan fingerprint density at radius 2 is 2.13 bits per heavy atom. The average molecular weight is 317 g/mol. The zero-order valence-electron chi connectivity index (χ0n) is 13.7. The van der Waals surface area contributed by atoms with Crippen LogP contribution in [0.1, 0.15) is 28.0 Å². The molecular formula is C17H23N3O3. The number of nitrogens with zero attached hydrogens (tertiary/aromatic N) is 2. The van der Waals surface area contributed by atoms with Crippen molar-refractivity contribution >= 4 is 5.91 Å². The van der Waals surface area contributed by atoms with Crippen molar-refractivity contribution in [2.45, 2.75) is 26.4 Å². The minimum atomic E-state index is -0.573. The number of hydrogen-bond donors (Lipinski definition) is 2. The van der Waals surface area contributed by atoms with Crippen LogP contribution in [0.15, 0.2) is 30.5 Å². The number of hydrogen-bond acceptors (Lipinski definition) is 4. The maximum atomic E-state index is 12.3. The normalized spacial score (nSPS) is 12.2. The highest BCUT2D eigenvalue weighted by Gasteiger charge is 2.16. The van der Waals surface area contributed by atoms with Gasteiger partial charge in [0.25, 0.3) is 5.91 Å². The van der Waals surface area contributed by atoms with E-state index >= 15 is 0 Å². The summed E-state index contributed by atoms with van der Waals surface area (Å²) in [6, 6.07) is 7.89. The number of para-hydroxylation sites is 1. The first-order chi connectivity index (χ1) is 11.0. The fraction of sp³-hybridized carbons (Fsp3) is 0.412. The highest BCUT2D eigenvalue weighted by atomic mass is 16.5. The van der Waals surface area contributed by atoms with Crippen LogP contribution < -0.4 is 5.32 Å². The lowest BCUT2D eigenvalue weighted by atomic mass is 10.2. The number of aryl methyl sites for hydroxylation is 1. The van der Waals surface area contributed by atoms with Crippen LogP contribution in [0.3, 0.4) is 0 Å². The number of carbonyl (C=O) groups is 1. The third-order valence-electron chi connectivity index (χ3n) is 3.72. The van der Waals surface area contributed by atoms with E-state index in [-0.39, 0.29) is 12.5 Å². The lowest BCUT2D eigenvalue weighted by Crippen LogP contribution is -2.28. The predicted molar refractivity (Wildman–Crippen MR) is 87.9 cm³/mol. The highest BCUT2D eigenvalue weighted by Crippen LogP contribution is 2.17. The molecule has 0 bridgehead atoms. The first kappa shape index (κ1) is 17.2. The molecule has 1 heterocycles. The summed E-state index contributed by atoms with van der Waals surface area (Å²) in [6.45, 7) is 4.53. The van der Waals surface area contributed by atoms with Gasteiger partial charge in [-0.25, -0.2) is 4.68 Å². The number of aliphatic hydroxyl groups excluding tert-OH is 1. The Hall–Kier alpha value is -2.18. The van der Waals surface area contributed by atoms with Gasteiger partial charge in [0, 0.05) is 13.7 Å². The van der Waals surface area contributed by atoms with Gasteiger partial charge in [-0.1, -0.05) is 18.2 Å². The standard InChI is InChI=1S/C17H23N3O3/c1-12-6-4-5-7-16(12)20-13(2)15(10-19-20)17(22)18-9-8-14(21)11-23-3/h4-7,10,14,21H,8-9,11H2,1-3H3,(H,18,22). The zero-order chi connectivity index (χ0) is 16.8. The molecule has 1 amide bonds. The summed E-state index contributed by atoms with van der Waals surface area (Å²) < 4.78 is 6.62. The van der Waals surface area contributed by atoms with Crippen molar-refractivity contribution in [3.05, 3.63) is 47.3 Å². The first-order valence-electron chi connectivity index (χ1n) is 7.60. The zero-order valence-corrected chi connectivity index (χ0v) is 13.7. The van der Waals surface area contributed by atoms with Gasteiger partial charge in [0.05, 0.1) is 35.9 Å². The van der Waals surface area contributed by atoms with Gasteiger partial charge in [-0.05, 0) is 31.9 Å². The summed E-state index contributed by atoms with van der Waals surface area (Å²) >= 11 is 0. The Bertz CT molecular complexity index is 667. The molecule has 6 nitrogen and oxygen atoms in total. The Morgan fingerprint density at radius 3 is 2.83 bits per heavy atom. The van der Waals surface area contributed by atoms with Crippen molar-refractivity contribution in [3.8, 4) is 5.69 Å². The number of nitrogens with one attached hydrogen (secondary N) is 1. The molecular weight excluding hydrogens is 294 g/mol. The number of amides is 1. The molecule has 0 spiro atoms. The highest BCUT2D eigenvalue weighted by molar-refractivity contribution is 5.95.